The van der Waals surface area contributed by atoms with Crippen molar-refractivity contribution in [1.29, 1.82) is 0 Å². The van der Waals surface area contributed by atoms with Gasteiger partial charge >= 0.3 is 0 Å². The normalized spacial score (nSPS) is 10.6. The van der Waals surface area contributed by atoms with E-state index in [1.165, 1.54) is 0 Å². The number of nitrogens with zero attached hydrogens (tertiary/aromatic N) is 2. The molecule has 0 atom stereocenters. The van der Waals surface area contributed by atoms with Gasteiger partial charge in [-0.3, -0.25) is 4.79 Å². The summed E-state index contributed by atoms with van der Waals surface area (Å²) in [6.45, 7) is 3.89. The molecule has 1 N–H and O–H groups in total. The molecular formula is C19H18ClN3O. The van der Waals surface area contributed by atoms with Crippen molar-refractivity contribution in [2.24, 2.45) is 0 Å². The van der Waals surface area contributed by atoms with E-state index in [0.29, 0.717) is 17.3 Å². The van der Waals surface area contributed by atoms with Crippen LogP contribution in [-0.4, -0.2) is 15.7 Å². The lowest BCUT2D eigenvalue weighted by atomic mass is 10.1. The summed E-state index contributed by atoms with van der Waals surface area (Å²) < 4.78 is 1.69. The summed E-state index contributed by atoms with van der Waals surface area (Å²) in [5.74, 6) is 0.556. The number of amides is 1. The Morgan fingerprint density at radius 2 is 1.92 bits per heavy atom. The molecule has 122 valence electrons. The Bertz CT molecular complexity index is 886. The van der Waals surface area contributed by atoms with Gasteiger partial charge in [0.1, 0.15) is 5.82 Å². The van der Waals surface area contributed by atoms with Gasteiger partial charge in [0, 0.05) is 11.1 Å². The van der Waals surface area contributed by atoms with E-state index >= 15 is 0 Å². The molecule has 0 fully saturated rings. The molecule has 0 aliphatic heterocycles. The Labute approximate surface area is 146 Å². The SMILES string of the molecule is Cc1cc(NC(=O)Cc2ccccc2C)n(-c2cccc(Cl)c2)n1. The lowest BCUT2D eigenvalue weighted by molar-refractivity contribution is -0.115. The van der Waals surface area contributed by atoms with Crippen molar-refractivity contribution >= 4 is 23.3 Å². The molecule has 0 bridgehead atoms. The summed E-state index contributed by atoms with van der Waals surface area (Å²) in [5.41, 5.74) is 3.75. The molecule has 1 aromatic heterocycles. The smallest absolute Gasteiger partial charge is 0.229 e. The second-order valence-corrected chi connectivity index (χ2v) is 6.15. The number of carbonyl (C=O) groups is 1. The molecule has 5 heteroatoms. The fourth-order valence-corrected chi connectivity index (χ4v) is 2.75. The molecule has 0 radical (unpaired) electrons. The first-order chi connectivity index (χ1) is 11.5. The van der Waals surface area contributed by atoms with E-state index in [0.717, 1.165) is 22.5 Å². The quantitative estimate of drug-likeness (QED) is 0.769. The van der Waals surface area contributed by atoms with E-state index in [-0.39, 0.29) is 5.91 Å². The number of nitrogens with one attached hydrogen (secondary N) is 1. The van der Waals surface area contributed by atoms with Gasteiger partial charge in [0.05, 0.1) is 17.8 Å². The number of aromatic nitrogens is 2. The van der Waals surface area contributed by atoms with Crippen molar-refractivity contribution in [3.63, 3.8) is 0 Å². The third kappa shape index (κ3) is 3.66. The van der Waals surface area contributed by atoms with E-state index in [9.17, 15) is 4.79 Å². The minimum atomic E-state index is -0.0764. The Hall–Kier alpha value is -2.59. The monoisotopic (exact) mass is 339 g/mol. The zero-order valence-electron chi connectivity index (χ0n) is 13.6. The maximum Gasteiger partial charge on any atom is 0.229 e. The highest BCUT2D eigenvalue weighted by Gasteiger charge is 2.12. The van der Waals surface area contributed by atoms with Gasteiger partial charge < -0.3 is 5.32 Å². The Kier molecular flexibility index (Phi) is 4.67. The molecule has 0 aliphatic rings. The van der Waals surface area contributed by atoms with Crippen LogP contribution in [0.25, 0.3) is 5.69 Å². The van der Waals surface area contributed by atoms with Crippen LogP contribution < -0.4 is 5.32 Å². The number of halogens is 1. The number of hydrogen-bond acceptors (Lipinski definition) is 2. The first-order valence-electron chi connectivity index (χ1n) is 7.70. The Morgan fingerprint density at radius 1 is 1.12 bits per heavy atom. The largest absolute Gasteiger partial charge is 0.310 e. The maximum atomic E-state index is 12.4. The van der Waals surface area contributed by atoms with Gasteiger partial charge in [-0.05, 0) is 43.2 Å². The van der Waals surface area contributed by atoms with E-state index in [1.807, 2.05) is 62.4 Å². The van der Waals surface area contributed by atoms with Crippen molar-refractivity contribution in [2.45, 2.75) is 20.3 Å². The average molecular weight is 340 g/mol. The van der Waals surface area contributed by atoms with Gasteiger partial charge in [-0.1, -0.05) is 41.9 Å². The minimum Gasteiger partial charge on any atom is -0.310 e. The first kappa shape index (κ1) is 16.3. The highest BCUT2D eigenvalue weighted by molar-refractivity contribution is 6.30. The number of anilines is 1. The van der Waals surface area contributed by atoms with Crippen LogP contribution in [0.1, 0.15) is 16.8 Å². The zero-order valence-corrected chi connectivity index (χ0v) is 14.3. The van der Waals surface area contributed by atoms with Crippen molar-refractivity contribution in [3.05, 3.63) is 76.4 Å². The number of aryl methyl sites for hydroxylation is 2. The molecule has 0 saturated carbocycles. The fourth-order valence-electron chi connectivity index (χ4n) is 2.56. The summed E-state index contributed by atoms with van der Waals surface area (Å²) in [6.07, 6.45) is 0.326. The topological polar surface area (TPSA) is 46.9 Å². The van der Waals surface area contributed by atoms with Crippen molar-refractivity contribution in [3.8, 4) is 5.69 Å². The Balaban J connectivity index is 1.83. The van der Waals surface area contributed by atoms with Crippen LogP contribution >= 0.6 is 11.6 Å². The molecule has 0 saturated heterocycles. The molecule has 0 aliphatic carbocycles. The molecule has 4 nitrogen and oxygen atoms in total. The van der Waals surface area contributed by atoms with Crippen molar-refractivity contribution in [2.75, 3.05) is 5.32 Å². The van der Waals surface area contributed by atoms with Crippen LogP contribution in [0.4, 0.5) is 5.82 Å². The van der Waals surface area contributed by atoms with E-state index < -0.39 is 0 Å². The molecule has 2 aromatic carbocycles. The van der Waals surface area contributed by atoms with Gasteiger partial charge in [0.15, 0.2) is 0 Å². The molecule has 3 rings (SSSR count). The molecule has 0 unspecified atom stereocenters. The predicted octanol–water partition coefficient (Wildman–Crippen LogP) is 4.32. The Morgan fingerprint density at radius 3 is 2.67 bits per heavy atom. The van der Waals surface area contributed by atoms with Gasteiger partial charge in [-0.25, -0.2) is 4.68 Å². The van der Waals surface area contributed by atoms with Gasteiger partial charge in [-0.15, -0.1) is 0 Å². The van der Waals surface area contributed by atoms with E-state index in [4.69, 9.17) is 11.6 Å². The van der Waals surface area contributed by atoms with Crippen LogP contribution in [-0.2, 0) is 11.2 Å². The second-order valence-electron chi connectivity index (χ2n) is 5.71. The molecule has 3 aromatic rings. The first-order valence-corrected chi connectivity index (χ1v) is 8.08. The minimum absolute atomic E-state index is 0.0764. The van der Waals surface area contributed by atoms with Crippen LogP contribution in [0.2, 0.25) is 5.02 Å². The van der Waals surface area contributed by atoms with Gasteiger partial charge in [0.25, 0.3) is 0 Å². The summed E-state index contributed by atoms with van der Waals surface area (Å²) in [6, 6.07) is 17.1. The molecule has 1 amide bonds. The summed E-state index contributed by atoms with van der Waals surface area (Å²) in [7, 11) is 0. The third-order valence-electron chi connectivity index (χ3n) is 3.76. The van der Waals surface area contributed by atoms with Gasteiger partial charge in [-0.2, -0.15) is 5.10 Å². The van der Waals surface area contributed by atoms with E-state index in [1.54, 1.807) is 10.7 Å². The van der Waals surface area contributed by atoms with Crippen LogP contribution in [0.15, 0.2) is 54.6 Å². The lowest BCUT2D eigenvalue weighted by Gasteiger charge is -2.10. The standard InChI is InChI=1S/C19H18ClN3O/c1-13-6-3-4-7-15(13)11-19(24)21-18-10-14(2)22-23(18)17-9-5-8-16(20)12-17/h3-10,12H,11H2,1-2H3,(H,21,24). The zero-order chi connectivity index (χ0) is 17.1. The molecule has 1 heterocycles. The van der Waals surface area contributed by atoms with Gasteiger partial charge in [0.2, 0.25) is 5.91 Å². The average Bonchev–Trinajstić information content (AvgIpc) is 2.90. The highest BCUT2D eigenvalue weighted by Crippen LogP contribution is 2.20. The summed E-state index contributed by atoms with van der Waals surface area (Å²) in [4.78, 5) is 12.4. The predicted molar refractivity (Wildman–Crippen MR) is 96.8 cm³/mol. The third-order valence-corrected chi connectivity index (χ3v) is 4.00. The lowest BCUT2D eigenvalue weighted by Crippen LogP contribution is -2.17. The second kappa shape index (κ2) is 6.89. The highest BCUT2D eigenvalue weighted by atomic mass is 35.5. The van der Waals surface area contributed by atoms with E-state index in [2.05, 4.69) is 10.4 Å². The van der Waals surface area contributed by atoms with Crippen LogP contribution in [0.3, 0.4) is 0 Å². The molecule has 0 spiro atoms. The number of rotatable bonds is 4. The number of carbonyl (C=O) groups excluding carboxylic acids is 1. The maximum absolute atomic E-state index is 12.4. The van der Waals surface area contributed by atoms with Crippen molar-refractivity contribution in [1.82, 2.24) is 9.78 Å². The summed E-state index contributed by atoms with van der Waals surface area (Å²) in [5, 5.41) is 8.01. The molecule has 24 heavy (non-hydrogen) atoms. The van der Waals surface area contributed by atoms with Crippen LogP contribution in [0, 0.1) is 13.8 Å². The number of benzene rings is 2. The van der Waals surface area contributed by atoms with Crippen LogP contribution in [0.5, 0.6) is 0 Å². The summed E-state index contributed by atoms with van der Waals surface area (Å²) >= 11 is 6.06. The fraction of sp³-hybridized carbons (Fsp3) is 0.158. The molecular weight excluding hydrogens is 322 g/mol. The number of hydrogen-bond donors (Lipinski definition) is 1. The van der Waals surface area contributed by atoms with Crippen molar-refractivity contribution < 1.29 is 4.79 Å².